The Hall–Kier alpha value is -1.90. The minimum Gasteiger partial charge on any atom is -0.404 e. The van der Waals surface area contributed by atoms with Crippen LogP contribution < -0.4 is 10.1 Å². The van der Waals surface area contributed by atoms with Crippen LogP contribution in [0.2, 0.25) is 0 Å². The first kappa shape index (κ1) is 12.6. The van der Waals surface area contributed by atoms with Crippen LogP contribution in [0.25, 0.3) is 11.4 Å². The van der Waals surface area contributed by atoms with Crippen LogP contribution in [-0.4, -0.2) is 27.1 Å². The third kappa shape index (κ3) is 2.86. The lowest BCUT2D eigenvalue weighted by Crippen LogP contribution is -2.17. The molecule has 2 aromatic heterocycles. The predicted octanol–water partition coefficient (Wildman–Crippen LogP) is 2.54. The summed E-state index contributed by atoms with van der Waals surface area (Å²) < 4.78 is 47.5. The number of halogens is 3. The topological polar surface area (TPSA) is 59.9 Å². The summed E-state index contributed by atoms with van der Waals surface area (Å²) in [5.41, 5.74) is 0.906. The van der Waals surface area contributed by atoms with E-state index in [4.69, 9.17) is 0 Å². The van der Waals surface area contributed by atoms with Gasteiger partial charge in [0.1, 0.15) is 11.4 Å². The molecule has 0 radical (unpaired) electrons. The second-order valence-corrected chi connectivity index (χ2v) is 3.67. The summed E-state index contributed by atoms with van der Waals surface area (Å²) in [6, 6.07) is 2.56. The molecule has 5 nitrogen and oxygen atoms in total. The van der Waals surface area contributed by atoms with Gasteiger partial charge in [-0.3, -0.25) is 4.98 Å². The van der Waals surface area contributed by atoms with Crippen molar-refractivity contribution in [1.82, 2.24) is 13.7 Å². The Morgan fingerprint density at radius 3 is 2.61 bits per heavy atom. The summed E-state index contributed by atoms with van der Waals surface area (Å²) in [4.78, 5) is 3.85. The zero-order valence-corrected chi connectivity index (χ0v) is 9.84. The fourth-order valence-corrected chi connectivity index (χ4v) is 1.80. The number of anilines is 1. The maximum atomic E-state index is 12.0. The molecule has 96 valence electrons. The Morgan fingerprint density at radius 1 is 1.28 bits per heavy atom. The first-order valence-electron chi connectivity index (χ1n) is 4.72. The molecule has 2 rings (SSSR count). The highest BCUT2D eigenvalue weighted by molar-refractivity contribution is 6.99. The van der Waals surface area contributed by atoms with E-state index in [1.807, 2.05) is 0 Å². The molecule has 0 aliphatic carbocycles. The molecule has 0 saturated carbocycles. The van der Waals surface area contributed by atoms with Crippen LogP contribution in [0.3, 0.4) is 0 Å². The van der Waals surface area contributed by atoms with Gasteiger partial charge in [-0.05, 0) is 12.1 Å². The van der Waals surface area contributed by atoms with Crippen molar-refractivity contribution in [2.75, 3.05) is 12.4 Å². The van der Waals surface area contributed by atoms with E-state index >= 15 is 0 Å². The van der Waals surface area contributed by atoms with Crippen molar-refractivity contribution in [3.05, 3.63) is 18.3 Å². The largest absolute Gasteiger partial charge is 0.573 e. The number of aromatic nitrogens is 3. The number of ether oxygens (including phenoxy) is 1. The Balaban J connectivity index is 2.23. The van der Waals surface area contributed by atoms with Crippen molar-refractivity contribution in [3.63, 3.8) is 0 Å². The Labute approximate surface area is 104 Å². The molecule has 0 fully saturated rings. The van der Waals surface area contributed by atoms with Crippen molar-refractivity contribution in [1.29, 1.82) is 0 Å². The molecule has 1 N–H and O–H groups in total. The smallest absolute Gasteiger partial charge is 0.404 e. The SMILES string of the molecule is CNc1nsnc1-c1ccc(OC(F)(F)F)cn1. The van der Waals surface area contributed by atoms with Crippen molar-refractivity contribution in [3.8, 4) is 17.1 Å². The molecule has 0 aromatic carbocycles. The molecule has 0 spiro atoms. The van der Waals surface area contributed by atoms with Gasteiger partial charge in [-0.25, -0.2) is 0 Å². The van der Waals surface area contributed by atoms with Crippen LogP contribution >= 0.6 is 11.7 Å². The van der Waals surface area contributed by atoms with Gasteiger partial charge in [0.2, 0.25) is 0 Å². The second kappa shape index (κ2) is 4.77. The lowest BCUT2D eigenvalue weighted by atomic mass is 10.2. The number of alkyl halides is 3. The van der Waals surface area contributed by atoms with E-state index in [1.165, 1.54) is 12.1 Å². The Kier molecular flexibility index (Phi) is 3.32. The molecule has 0 aliphatic heterocycles. The van der Waals surface area contributed by atoms with Crippen LogP contribution in [0.1, 0.15) is 0 Å². The van der Waals surface area contributed by atoms with Crippen LogP contribution in [-0.2, 0) is 0 Å². The molecular formula is C9H7F3N4OS. The van der Waals surface area contributed by atoms with Gasteiger partial charge in [0.15, 0.2) is 5.82 Å². The van der Waals surface area contributed by atoms with Crippen LogP contribution in [0.4, 0.5) is 19.0 Å². The highest BCUT2D eigenvalue weighted by Crippen LogP contribution is 2.27. The van der Waals surface area contributed by atoms with Gasteiger partial charge in [0, 0.05) is 7.05 Å². The monoisotopic (exact) mass is 276 g/mol. The summed E-state index contributed by atoms with van der Waals surface area (Å²) in [5, 5.41) is 2.81. The molecule has 2 heterocycles. The molecule has 0 saturated heterocycles. The Bertz CT molecular complexity index is 525. The molecule has 0 unspecified atom stereocenters. The van der Waals surface area contributed by atoms with E-state index in [2.05, 4.69) is 23.8 Å². The predicted molar refractivity (Wildman–Crippen MR) is 59.4 cm³/mol. The van der Waals surface area contributed by atoms with Gasteiger partial charge in [-0.1, -0.05) is 0 Å². The molecular weight excluding hydrogens is 269 g/mol. The summed E-state index contributed by atoms with van der Waals surface area (Å²) >= 11 is 0.986. The van der Waals surface area contributed by atoms with E-state index < -0.39 is 6.36 Å². The summed E-state index contributed by atoms with van der Waals surface area (Å²) in [6.45, 7) is 0. The third-order valence-electron chi connectivity index (χ3n) is 1.94. The minimum absolute atomic E-state index is 0.375. The number of hydrogen-bond acceptors (Lipinski definition) is 6. The molecule has 18 heavy (non-hydrogen) atoms. The zero-order valence-electron chi connectivity index (χ0n) is 9.02. The van der Waals surface area contributed by atoms with E-state index in [1.54, 1.807) is 7.05 Å². The summed E-state index contributed by atoms with van der Waals surface area (Å²) in [6.07, 6.45) is -3.73. The van der Waals surface area contributed by atoms with E-state index in [0.29, 0.717) is 17.2 Å². The Morgan fingerprint density at radius 2 is 2.06 bits per heavy atom. The van der Waals surface area contributed by atoms with E-state index in [-0.39, 0.29) is 5.75 Å². The zero-order chi connectivity index (χ0) is 13.2. The van der Waals surface area contributed by atoms with E-state index in [0.717, 1.165) is 17.9 Å². The first-order valence-corrected chi connectivity index (χ1v) is 5.45. The number of nitrogens with one attached hydrogen (secondary N) is 1. The highest BCUT2D eigenvalue weighted by Gasteiger charge is 2.31. The third-order valence-corrected chi connectivity index (χ3v) is 2.47. The summed E-state index contributed by atoms with van der Waals surface area (Å²) in [5.74, 6) is 0.150. The fourth-order valence-electron chi connectivity index (χ4n) is 1.24. The molecule has 0 atom stereocenters. The molecule has 0 amide bonds. The van der Waals surface area contributed by atoms with Gasteiger partial charge in [-0.15, -0.1) is 13.2 Å². The average Bonchev–Trinajstić information content (AvgIpc) is 2.76. The minimum atomic E-state index is -4.72. The average molecular weight is 276 g/mol. The first-order chi connectivity index (χ1) is 8.49. The van der Waals surface area contributed by atoms with Gasteiger partial charge in [0.05, 0.1) is 23.6 Å². The van der Waals surface area contributed by atoms with Crippen molar-refractivity contribution in [2.45, 2.75) is 6.36 Å². The van der Waals surface area contributed by atoms with Gasteiger partial charge in [0.25, 0.3) is 0 Å². The number of rotatable bonds is 3. The van der Waals surface area contributed by atoms with Crippen LogP contribution in [0, 0.1) is 0 Å². The van der Waals surface area contributed by atoms with Crippen molar-refractivity contribution >= 4 is 17.5 Å². The molecule has 9 heteroatoms. The van der Waals surface area contributed by atoms with Crippen LogP contribution in [0.15, 0.2) is 18.3 Å². The lowest BCUT2D eigenvalue weighted by molar-refractivity contribution is -0.274. The second-order valence-electron chi connectivity index (χ2n) is 3.14. The van der Waals surface area contributed by atoms with Gasteiger partial charge >= 0.3 is 6.36 Å². The quantitative estimate of drug-likeness (QED) is 0.933. The van der Waals surface area contributed by atoms with E-state index in [9.17, 15) is 13.2 Å². The molecule has 0 bridgehead atoms. The highest BCUT2D eigenvalue weighted by atomic mass is 32.1. The van der Waals surface area contributed by atoms with Crippen molar-refractivity contribution in [2.24, 2.45) is 0 Å². The molecule has 0 aliphatic rings. The molecule has 2 aromatic rings. The van der Waals surface area contributed by atoms with Gasteiger partial charge in [-0.2, -0.15) is 8.75 Å². The fraction of sp³-hybridized carbons (Fsp3) is 0.222. The number of nitrogens with zero attached hydrogens (tertiary/aromatic N) is 3. The summed E-state index contributed by atoms with van der Waals surface area (Å²) in [7, 11) is 1.67. The van der Waals surface area contributed by atoms with Crippen LogP contribution in [0.5, 0.6) is 5.75 Å². The number of hydrogen-bond donors (Lipinski definition) is 1. The maximum Gasteiger partial charge on any atom is 0.573 e. The normalized spacial score (nSPS) is 11.3. The van der Waals surface area contributed by atoms with Crippen molar-refractivity contribution < 1.29 is 17.9 Å². The van der Waals surface area contributed by atoms with Gasteiger partial charge < -0.3 is 10.1 Å². The maximum absolute atomic E-state index is 12.0. The lowest BCUT2D eigenvalue weighted by Gasteiger charge is -2.08. The standard InChI is InChI=1S/C9H7F3N4OS/c1-13-8-7(15-18-16-8)6-3-2-5(4-14-6)17-9(10,11)12/h2-4H,1H3,(H,13,16). The number of pyridine rings is 1.